The van der Waals surface area contributed by atoms with Crippen molar-refractivity contribution in [1.29, 1.82) is 0 Å². The van der Waals surface area contributed by atoms with Gasteiger partial charge in [-0.25, -0.2) is 4.98 Å². The van der Waals surface area contributed by atoms with Crippen LogP contribution in [-0.4, -0.2) is 21.1 Å². The van der Waals surface area contributed by atoms with E-state index in [0.717, 1.165) is 27.3 Å². The fraction of sp³-hybridized carbons (Fsp3) is 0.261. The largest absolute Gasteiger partial charge is 0.488 e. The molecular formula is C23H23N3O3S. The standard InChI is InChI=1S/C23H23N3O3S/c1-4-9-29-19-11-24-17(10-18(19)27)12-26-13-25-22-21(23(26)28)20(15(3)30-22)16-7-5-14(2)6-8-16/h5-8,10-11,13H,4,9,12H2,1-3H3,(H,24,27). The maximum atomic E-state index is 13.3. The molecule has 0 aliphatic carbocycles. The Balaban J connectivity index is 1.74. The van der Waals surface area contributed by atoms with Crippen molar-refractivity contribution in [2.24, 2.45) is 0 Å². The summed E-state index contributed by atoms with van der Waals surface area (Å²) in [5.41, 5.74) is 3.40. The van der Waals surface area contributed by atoms with E-state index < -0.39 is 0 Å². The van der Waals surface area contributed by atoms with Crippen LogP contribution in [0.1, 0.15) is 29.5 Å². The van der Waals surface area contributed by atoms with Crippen molar-refractivity contribution in [1.82, 2.24) is 14.5 Å². The van der Waals surface area contributed by atoms with Crippen molar-refractivity contribution in [3.05, 3.63) is 79.6 Å². The van der Waals surface area contributed by atoms with E-state index in [0.29, 0.717) is 17.7 Å². The summed E-state index contributed by atoms with van der Waals surface area (Å²) in [5.74, 6) is 0.289. The number of nitrogens with one attached hydrogen (secondary N) is 1. The van der Waals surface area contributed by atoms with E-state index in [-0.39, 0.29) is 23.3 Å². The summed E-state index contributed by atoms with van der Waals surface area (Å²) in [6, 6.07) is 9.63. The molecule has 0 unspecified atom stereocenters. The lowest BCUT2D eigenvalue weighted by Gasteiger charge is -2.08. The number of fused-ring (bicyclic) bond motifs is 1. The van der Waals surface area contributed by atoms with Gasteiger partial charge >= 0.3 is 0 Å². The zero-order chi connectivity index (χ0) is 21.3. The third-order valence-electron chi connectivity index (χ3n) is 4.93. The first kappa shape index (κ1) is 20.1. The second-order valence-electron chi connectivity index (χ2n) is 7.29. The van der Waals surface area contributed by atoms with E-state index in [4.69, 9.17) is 4.74 Å². The molecule has 1 N–H and O–H groups in total. The van der Waals surface area contributed by atoms with Crippen LogP contribution in [0.4, 0.5) is 0 Å². The summed E-state index contributed by atoms with van der Waals surface area (Å²) in [5, 5.41) is 0.620. The van der Waals surface area contributed by atoms with Gasteiger partial charge in [0, 0.05) is 28.4 Å². The van der Waals surface area contributed by atoms with Crippen LogP contribution < -0.4 is 15.7 Å². The number of rotatable bonds is 6. The van der Waals surface area contributed by atoms with Crippen LogP contribution in [0.5, 0.6) is 5.75 Å². The van der Waals surface area contributed by atoms with Gasteiger partial charge in [0.15, 0.2) is 5.75 Å². The van der Waals surface area contributed by atoms with Gasteiger partial charge in [-0.2, -0.15) is 0 Å². The normalized spacial score (nSPS) is 11.2. The van der Waals surface area contributed by atoms with Crippen molar-refractivity contribution in [2.75, 3.05) is 6.61 Å². The molecule has 0 aliphatic heterocycles. The summed E-state index contributed by atoms with van der Waals surface area (Å²) in [4.78, 5) is 34.9. The Morgan fingerprint density at radius 1 is 1.17 bits per heavy atom. The molecule has 0 bridgehead atoms. The number of hydrogen-bond donors (Lipinski definition) is 1. The average molecular weight is 422 g/mol. The Bertz CT molecular complexity index is 1320. The van der Waals surface area contributed by atoms with Crippen LogP contribution >= 0.6 is 11.3 Å². The molecule has 0 atom stereocenters. The highest BCUT2D eigenvalue weighted by Crippen LogP contribution is 2.35. The highest BCUT2D eigenvalue weighted by Gasteiger charge is 2.17. The zero-order valence-corrected chi connectivity index (χ0v) is 18.0. The molecule has 30 heavy (non-hydrogen) atoms. The summed E-state index contributed by atoms with van der Waals surface area (Å²) < 4.78 is 6.96. The number of benzene rings is 1. The molecule has 0 fully saturated rings. The average Bonchev–Trinajstić information content (AvgIpc) is 3.07. The van der Waals surface area contributed by atoms with E-state index >= 15 is 0 Å². The molecule has 4 rings (SSSR count). The minimum atomic E-state index is -0.203. The SMILES string of the molecule is CCCOc1c[nH]c(Cn2cnc3sc(C)c(-c4ccc(C)cc4)c3c2=O)cc1=O. The molecule has 0 amide bonds. The summed E-state index contributed by atoms with van der Waals surface area (Å²) in [6.07, 6.45) is 3.92. The van der Waals surface area contributed by atoms with Crippen LogP contribution in [0.2, 0.25) is 0 Å². The van der Waals surface area contributed by atoms with Gasteiger partial charge in [-0.1, -0.05) is 36.8 Å². The van der Waals surface area contributed by atoms with Gasteiger partial charge in [0.05, 0.1) is 24.9 Å². The zero-order valence-electron chi connectivity index (χ0n) is 17.2. The highest BCUT2D eigenvalue weighted by atomic mass is 32.1. The molecule has 3 aromatic heterocycles. The summed E-state index contributed by atoms with van der Waals surface area (Å²) in [6.45, 7) is 6.75. The fourth-order valence-electron chi connectivity index (χ4n) is 3.42. The first-order chi connectivity index (χ1) is 14.5. The second kappa shape index (κ2) is 8.28. The number of aryl methyl sites for hydroxylation is 2. The number of ether oxygens (including phenoxy) is 1. The Morgan fingerprint density at radius 3 is 2.63 bits per heavy atom. The Labute approximate surface area is 177 Å². The number of H-pyrrole nitrogens is 1. The van der Waals surface area contributed by atoms with Gasteiger partial charge in [-0.15, -0.1) is 11.3 Å². The topological polar surface area (TPSA) is 77.0 Å². The first-order valence-corrected chi connectivity index (χ1v) is 10.7. The predicted octanol–water partition coefficient (Wildman–Crippen LogP) is 4.27. The van der Waals surface area contributed by atoms with Gasteiger partial charge in [0.1, 0.15) is 4.83 Å². The third kappa shape index (κ3) is 3.80. The molecule has 7 heteroatoms. The first-order valence-electron chi connectivity index (χ1n) is 9.88. The van der Waals surface area contributed by atoms with Gasteiger partial charge in [0.2, 0.25) is 5.43 Å². The van der Waals surface area contributed by atoms with E-state index in [1.807, 2.05) is 45.0 Å². The molecule has 3 heterocycles. The van der Waals surface area contributed by atoms with E-state index in [9.17, 15) is 9.59 Å². The highest BCUT2D eigenvalue weighted by molar-refractivity contribution is 7.19. The quantitative estimate of drug-likeness (QED) is 0.504. The number of pyridine rings is 1. The molecular weight excluding hydrogens is 398 g/mol. The molecule has 0 radical (unpaired) electrons. The third-order valence-corrected chi connectivity index (χ3v) is 5.95. The van der Waals surface area contributed by atoms with Gasteiger partial charge in [-0.05, 0) is 25.8 Å². The van der Waals surface area contributed by atoms with Crippen molar-refractivity contribution >= 4 is 21.6 Å². The second-order valence-corrected chi connectivity index (χ2v) is 8.50. The van der Waals surface area contributed by atoms with Crippen LogP contribution in [0.25, 0.3) is 21.3 Å². The maximum absolute atomic E-state index is 13.3. The van der Waals surface area contributed by atoms with Crippen molar-refractivity contribution < 1.29 is 4.74 Å². The lowest BCUT2D eigenvalue weighted by atomic mass is 10.0. The molecule has 0 aliphatic rings. The minimum Gasteiger partial charge on any atom is -0.488 e. The Morgan fingerprint density at radius 2 is 1.93 bits per heavy atom. The van der Waals surface area contributed by atoms with Crippen LogP contribution in [0, 0.1) is 13.8 Å². The molecule has 0 spiro atoms. The van der Waals surface area contributed by atoms with E-state index in [1.165, 1.54) is 27.5 Å². The van der Waals surface area contributed by atoms with E-state index in [2.05, 4.69) is 9.97 Å². The number of thiophene rings is 1. The van der Waals surface area contributed by atoms with Crippen molar-refractivity contribution in [2.45, 2.75) is 33.7 Å². The molecule has 4 aromatic rings. The van der Waals surface area contributed by atoms with Gasteiger partial charge < -0.3 is 9.72 Å². The number of hydrogen-bond acceptors (Lipinski definition) is 5. The number of aromatic amines is 1. The fourth-order valence-corrected chi connectivity index (χ4v) is 4.42. The monoisotopic (exact) mass is 421 g/mol. The maximum Gasteiger partial charge on any atom is 0.263 e. The van der Waals surface area contributed by atoms with Gasteiger partial charge in [-0.3, -0.25) is 14.2 Å². The lowest BCUT2D eigenvalue weighted by Crippen LogP contribution is -2.22. The molecule has 0 saturated heterocycles. The molecule has 154 valence electrons. The number of aromatic nitrogens is 3. The van der Waals surface area contributed by atoms with Crippen molar-refractivity contribution in [3.8, 4) is 16.9 Å². The molecule has 1 aromatic carbocycles. The molecule has 6 nitrogen and oxygen atoms in total. The lowest BCUT2D eigenvalue weighted by molar-refractivity contribution is 0.313. The minimum absolute atomic E-state index is 0.118. The smallest absolute Gasteiger partial charge is 0.263 e. The van der Waals surface area contributed by atoms with Crippen molar-refractivity contribution in [3.63, 3.8) is 0 Å². The summed E-state index contributed by atoms with van der Waals surface area (Å²) >= 11 is 1.52. The van der Waals surface area contributed by atoms with Crippen LogP contribution in [0.3, 0.4) is 0 Å². The number of nitrogens with zero attached hydrogens (tertiary/aromatic N) is 2. The predicted molar refractivity (Wildman–Crippen MR) is 121 cm³/mol. The molecule has 0 saturated carbocycles. The van der Waals surface area contributed by atoms with Gasteiger partial charge in [0.25, 0.3) is 5.56 Å². The van der Waals surface area contributed by atoms with Crippen LogP contribution in [-0.2, 0) is 6.54 Å². The van der Waals surface area contributed by atoms with Crippen LogP contribution in [0.15, 0.2) is 52.4 Å². The van der Waals surface area contributed by atoms with E-state index in [1.54, 1.807) is 12.5 Å². The Hall–Kier alpha value is -3.19. The Kier molecular flexibility index (Phi) is 5.55. The summed E-state index contributed by atoms with van der Waals surface area (Å²) in [7, 11) is 0.